The van der Waals surface area contributed by atoms with E-state index in [2.05, 4.69) is 30.6 Å². The molecule has 0 bridgehead atoms. The van der Waals surface area contributed by atoms with E-state index in [4.69, 9.17) is 0 Å². The molecule has 1 amide bonds. The Bertz CT molecular complexity index is 377. The summed E-state index contributed by atoms with van der Waals surface area (Å²) in [7, 11) is 1.91. The zero-order valence-electron chi connectivity index (χ0n) is 10.6. The van der Waals surface area contributed by atoms with Crippen molar-refractivity contribution in [1.29, 1.82) is 0 Å². The maximum absolute atomic E-state index is 12.4. The SMILES string of the molecule is CC(c1cccs1)N(C)C(=O)[C@@H]1CNC[C@H]1C. The van der Waals surface area contributed by atoms with Gasteiger partial charge in [0, 0.05) is 18.5 Å². The van der Waals surface area contributed by atoms with Crippen molar-refractivity contribution in [2.24, 2.45) is 11.8 Å². The van der Waals surface area contributed by atoms with Gasteiger partial charge < -0.3 is 10.2 Å². The molecule has 0 aliphatic carbocycles. The highest BCUT2D eigenvalue weighted by molar-refractivity contribution is 7.10. The zero-order chi connectivity index (χ0) is 12.4. The molecule has 1 aliphatic heterocycles. The van der Waals surface area contributed by atoms with Gasteiger partial charge in [-0.05, 0) is 30.8 Å². The Hall–Kier alpha value is -0.870. The summed E-state index contributed by atoms with van der Waals surface area (Å²) < 4.78 is 0. The van der Waals surface area contributed by atoms with Crippen LogP contribution in [0.15, 0.2) is 17.5 Å². The summed E-state index contributed by atoms with van der Waals surface area (Å²) in [6.07, 6.45) is 0. The van der Waals surface area contributed by atoms with Crippen LogP contribution in [-0.2, 0) is 4.79 Å². The Morgan fingerprint density at radius 2 is 2.35 bits per heavy atom. The highest BCUT2D eigenvalue weighted by atomic mass is 32.1. The quantitative estimate of drug-likeness (QED) is 0.893. The van der Waals surface area contributed by atoms with Crippen molar-refractivity contribution in [2.75, 3.05) is 20.1 Å². The average molecular weight is 252 g/mol. The summed E-state index contributed by atoms with van der Waals surface area (Å²) in [6.45, 7) is 6.02. The van der Waals surface area contributed by atoms with Crippen LogP contribution < -0.4 is 5.32 Å². The molecule has 3 nitrogen and oxygen atoms in total. The smallest absolute Gasteiger partial charge is 0.227 e. The van der Waals surface area contributed by atoms with Crippen molar-refractivity contribution in [3.63, 3.8) is 0 Å². The van der Waals surface area contributed by atoms with Gasteiger partial charge in [-0.15, -0.1) is 11.3 Å². The topological polar surface area (TPSA) is 32.3 Å². The zero-order valence-corrected chi connectivity index (χ0v) is 11.5. The number of carbonyl (C=O) groups is 1. The van der Waals surface area contributed by atoms with Crippen LogP contribution in [0.1, 0.15) is 24.8 Å². The van der Waals surface area contributed by atoms with Crippen molar-refractivity contribution in [3.8, 4) is 0 Å². The number of thiophene rings is 1. The van der Waals surface area contributed by atoms with Crippen LogP contribution in [0, 0.1) is 11.8 Å². The molecule has 94 valence electrons. The van der Waals surface area contributed by atoms with E-state index in [1.54, 1.807) is 11.3 Å². The van der Waals surface area contributed by atoms with Gasteiger partial charge in [0.15, 0.2) is 0 Å². The average Bonchev–Trinajstić information content (AvgIpc) is 2.96. The molecule has 1 N–H and O–H groups in total. The first-order valence-corrected chi connectivity index (χ1v) is 7.00. The van der Waals surface area contributed by atoms with Crippen LogP contribution >= 0.6 is 11.3 Å². The van der Waals surface area contributed by atoms with Gasteiger partial charge in [-0.2, -0.15) is 0 Å². The summed E-state index contributed by atoms with van der Waals surface area (Å²) in [5.41, 5.74) is 0. The van der Waals surface area contributed by atoms with Gasteiger partial charge in [0.05, 0.1) is 12.0 Å². The Morgan fingerprint density at radius 1 is 1.59 bits per heavy atom. The minimum absolute atomic E-state index is 0.141. The van der Waals surface area contributed by atoms with Gasteiger partial charge >= 0.3 is 0 Å². The molecule has 2 rings (SSSR count). The van der Waals surface area contributed by atoms with Crippen molar-refractivity contribution in [3.05, 3.63) is 22.4 Å². The molecule has 0 saturated carbocycles. The van der Waals surface area contributed by atoms with Crippen molar-refractivity contribution in [1.82, 2.24) is 10.2 Å². The Kier molecular flexibility index (Phi) is 3.84. The van der Waals surface area contributed by atoms with Crippen LogP contribution in [0.5, 0.6) is 0 Å². The van der Waals surface area contributed by atoms with E-state index < -0.39 is 0 Å². The third-order valence-electron chi connectivity index (χ3n) is 3.72. The second-order valence-electron chi connectivity index (χ2n) is 4.88. The molecule has 17 heavy (non-hydrogen) atoms. The highest BCUT2D eigenvalue weighted by Gasteiger charge is 2.33. The van der Waals surface area contributed by atoms with Gasteiger partial charge in [-0.3, -0.25) is 4.79 Å². The lowest BCUT2D eigenvalue weighted by atomic mass is 9.96. The molecular formula is C13H20N2OS. The minimum atomic E-state index is 0.141. The molecule has 0 aromatic carbocycles. The van der Waals surface area contributed by atoms with Gasteiger partial charge in [0.2, 0.25) is 5.91 Å². The van der Waals surface area contributed by atoms with E-state index in [-0.39, 0.29) is 17.9 Å². The normalized spacial score (nSPS) is 25.8. The molecule has 1 aliphatic rings. The number of hydrogen-bond acceptors (Lipinski definition) is 3. The number of carbonyl (C=O) groups excluding carboxylic acids is 1. The second kappa shape index (κ2) is 5.19. The van der Waals surface area contributed by atoms with Crippen molar-refractivity contribution < 1.29 is 4.79 Å². The standard InChI is InChI=1S/C13H20N2OS/c1-9-7-14-8-11(9)13(16)15(3)10(2)12-5-4-6-17-12/h4-6,9-11,14H,7-8H2,1-3H3/t9-,10?,11-/m1/s1. The van der Waals surface area contributed by atoms with Gasteiger partial charge in [0.1, 0.15) is 0 Å². The van der Waals surface area contributed by atoms with Gasteiger partial charge in [-0.25, -0.2) is 0 Å². The van der Waals surface area contributed by atoms with Gasteiger partial charge in [0.25, 0.3) is 0 Å². The lowest BCUT2D eigenvalue weighted by Gasteiger charge is -2.28. The van der Waals surface area contributed by atoms with Crippen molar-refractivity contribution >= 4 is 17.2 Å². The van der Waals surface area contributed by atoms with Crippen molar-refractivity contribution in [2.45, 2.75) is 19.9 Å². The Balaban J connectivity index is 2.04. The first-order valence-electron chi connectivity index (χ1n) is 6.12. The predicted octanol–water partition coefficient (Wildman–Crippen LogP) is 2.12. The largest absolute Gasteiger partial charge is 0.338 e. The van der Waals surface area contributed by atoms with Crippen LogP contribution in [0.3, 0.4) is 0 Å². The van der Waals surface area contributed by atoms with E-state index in [9.17, 15) is 4.79 Å². The lowest BCUT2D eigenvalue weighted by molar-refractivity contribution is -0.136. The second-order valence-corrected chi connectivity index (χ2v) is 5.86. The molecule has 1 aromatic heterocycles. The summed E-state index contributed by atoms with van der Waals surface area (Å²) in [5.74, 6) is 0.853. The summed E-state index contributed by atoms with van der Waals surface area (Å²) >= 11 is 1.71. The summed E-state index contributed by atoms with van der Waals surface area (Å²) in [6, 6.07) is 4.31. The monoisotopic (exact) mass is 252 g/mol. The molecule has 0 spiro atoms. The van der Waals surface area contributed by atoms with Crippen LogP contribution in [0.25, 0.3) is 0 Å². The molecule has 1 aromatic rings. The minimum Gasteiger partial charge on any atom is -0.338 e. The maximum atomic E-state index is 12.4. The molecule has 1 unspecified atom stereocenters. The number of amides is 1. The molecule has 0 radical (unpaired) electrons. The Labute approximate surface area is 107 Å². The molecule has 3 atom stereocenters. The fourth-order valence-corrected chi connectivity index (χ4v) is 3.14. The molecule has 4 heteroatoms. The lowest BCUT2D eigenvalue weighted by Crippen LogP contribution is -2.37. The molecule has 1 saturated heterocycles. The van der Waals surface area contributed by atoms with Crippen LogP contribution in [-0.4, -0.2) is 30.9 Å². The Morgan fingerprint density at radius 3 is 2.88 bits per heavy atom. The first kappa shape index (κ1) is 12.6. The molecule has 2 heterocycles. The van der Waals surface area contributed by atoms with E-state index >= 15 is 0 Å². The van der Waals surface area contributed by atoms with Gasteiger partial charge in [-0.1, -0.05) is 13.0 Å². The van der Waals surface area contributed by atoms with Crippen LogP contribution in [0.4, 0.5) is 0 Å². The number of nitrogens with zero attached hydrogens (tertiary/aromatic N) is 1. The van der Waals surface area contributed by atoms with Crippen LogP contribution in [0.2, 0.25) is 0 Å². The van der Waals surface area contributed by atoms with E-state index in [0.717, 1.165) is 13.1 Å². The van der Waals surface area contributed by atoms with E-state index in [1.165, 1.54) is 4.88 Å². The third kappa shape index (κ3) is 2.53. The summed E-state index contributed by atoms with van der Waals surface area (Å²) in [4.78, 5) is 15.5. The number of hydrogen-bond donors (Lipinski definition) is 1. The molecule has 1 fully saturated rings. The predicted molar refractivity (Wildman–Crippen MR) is 71.0 cm³/mol. The number of nitrogens with one attached hydrogen (secondary N) is 1. The summed E-state index contributed by atoms with van der Waals surface area (Å²) in [5, 5.41) is 5.35. The fourth-order valence-electron chi connectivity index (χ4n) is 2.31. The first-order chi connectivity index (χ1) is 8.11. The fraction of sp³-hybridized carbons (Fsp3) is 0.615. The maximum Gasteiger partial charge on any atom is 0.227 e. The molecular weight excluding hydrogens is 232 g/mol. The van der Waals surface area contributed by atoms with E-state index in [1.807, 2.05) is 18.0 Å². The third-order valence-corrected chi connectivity index (χ3v) is 4.76. The number of rotatable bonds is 3. The van der Waals surface area contributed by atoms with E-state index in [0.29, 0.717) is 5.92 Å². The highest BCUT2D eigenvalue weighted by Crippen LogP contribution is 2.27.